The van der Waals surface area contributed by atoms with Gasteiger partial charge in [-0.1, -0.05) is 12.1 Å². The lowest BCUT2D eigenvalue weighted by Gasteiger charge is -2.09. The van der Waals surface area contributed by atoms with Crippen LogP contribution in [0.5, 0.6) is 0 Å². The minimum atomic E-state index is -0.279. The normalized spacial score (nSPS) is 12.6. The van der Waals surface area contributed by atoms with Crippen molar-refractivity contribution in [2.24, 2.45) is 0 Å². The van der Waals surface area contributed by atoms with Crippen molar-refractivity contribution in [3.63, 3.8) is 0 Å². The first-order valence-electron chi connectivity index (χ1n) is 5.88. The fraction of sp³-hybridized carbons (Fsp3) is 0.385. The topological polar surface area (TPSA) is 44.1 Å². The Kier molecular flexibility index (Phi) is 3.87. The van der Waals surface area contributed by atoms with Crippen molar-refractivity contribution in [2.75, 3.05) is 6.61 Å². The van der Waals surface area contributed by atoms with E-state index in [1.807, 2.05) is 35.8 Å². The van der Waals surface area contributed by atoms with Crippen molar-refractivity contribution in [2.45, 2.75) is 25.8 Å². The zero-order chi connectivity index (χ0) is 13.1. The molecule has 1 aromatic heterocycles. The first kappa shape index (κ1) is 12.9. The molecule has 2 rings (SSSR count). The van der Waals surface area contributed by atoms with E-state index in [9.17, 15) is 4.79 Å². The Morgan fingerprint density at radius 3 is 2.89 bits per heavy atom. The van der Waals surface area contributed by atoms with Gasteiger partial charge in [0.2, 0.25) is 0 Å². The van der Waals surface area contributed by atoms with Gasteiger partial charge in [-0.25, -0.2) is 4.98 Å². The van der Waals surface area contributed by atoms with Crippen LogP contribution in [0.1, 0.15) is 25.0 Å². The molecule has 0 amide bonds. The lowest BCUT2D eigenvalue weighted by molar-refractivity contribution is -0.143. The highest BCUT2D eigenvalue weighted by Crippen LogP contribution is 2.24. The van der Waals surface area contributed by atoms with Gasteiger partial charge in [-0.05, 0) is 26.0 Å². The average molecular weight is 267 g/mol. The predicted octanol–water partition coefficient (Wildman–Crippen LogP) is 2.90. The van der Waals surface area contributed by atoms with Crippen molar-refractivity contribution in [3.8, 4) is 0 Å². The van der Waals surface area contributed by atoms with Crippen LogP contribution in [0.3, 0.4) is 0 Å². The summed E-state index contributed by atoms with van der Waals surface area (Å²) in [4.78, 5) is 16.1. The van der Waals surface area contributed by atoms with E-state index in [0.717, 1.165) is 11.0 Å². The second kappa shape index (κ2) is 5.40. The van der Waals surface area contributed by atoms with Gasteiger partial charge in [0.1, 0.15) is 12.4 Å². The maximum atomic E-state index is 11.6. The van der Waals surface area contributed by atoms with Gasteiger partial charge in [-0.15, -0.1) is 11.6 Å². The molecule has 1 unspecified atom stereocenters. The van der Waals surface area contributed by atoms with E-state index in [0.29, 0.717) is 12.4 Å². The second-order valence-corrected chi connectivity index (χ2v) is 4.62. The summed E-state index contributed by atoms with van der Waals surface area (Å²) in [6, 6.07) is 7.64. The molecule has 18 heavy (non-hydrogen) atoms. The van der Waals surface area contributed by atoms with Crippen LogP contribution in [-0.4, -0.2) is 22.1 Å². The number of alkyl halides is 1. The quantitative estimate of drug-likeness (QED) is 0.631. The first-order valence-corrected chi connectivity index (χ1v) is 6.32. The van der Waals surface area contributed by atoms with Crippen molar-refractivity contribution in [1.82, 2.24) is 9.55 Å². The van der Waals surface area contributed by atoms with E-state index in [1.165, 1.54) is 0 Å². The summed E-state index contributed by atoms with van der Waals surface area (Å²) in [5.74, 6) is 0.408. The van der Waals surface area contributed by atoms with Crippen LogP contribution < -0.4 is 0 Å². The van der Waals surface area contributed by atoms with Crippen molar-refractivity contribution < 1.29 is 9.53 Å². The summed E-state index contributed by atoms with van der Waals surface area (Å²) in [5.41, 5.74) is 1.73. The van der Waals surface area contributed by atoms with Crippen LogP contribution in [0.15, 0.2) is 24.3 Å². The highest BCUT2D eigenvalue weighted by Gasteiger charge is 2.17. The number of ether oxygens (including phenoxy) is 1. The summed E-state index contributed by atoms with van der Waals surface area (Å²) in [7, 11) is 0. The van der Waals surface area contributed by atoms with Crippen LogP contribution in [0.25, 0.3) is 11.0 Å². The molecule has 0 saturated heterocycles. The Labute approximate surface area is 111 Å². The largest absolute Gasteiger partial charge is 0.465 e. The van der Waals surface area contributed by atoms with Gasteiger partial charge in [0, 0.05) is 0 Å². The van der Waals surface area contributed by atoms with Crippen molar-refractivity contribution in [3.05, 3.63) is 30.1 Å². The number of benzene rings is 1. The summed E-state index contributed by atoms with van der Waals surface area (Å²) in [6.45, 7) is 4.14. The Morgan fingerprint density at radius 2 is 2.22 bits per heavy atom. The Balaban J connectivity index is 2.45. The van der Waals surface area contributed by atoms with Crippen LogP contribution >= 0.6 is 11.6 Å². The molecular formula is C13H15ClN2O2. The second-order valence-electron chi connectivity index (χ2n) is 3.97. The van der Waals surface area contributed by atoms with Gasteiger partial charge in [0.05, 0.1) is 23.0 Å². The number of carbonyl (C=O) groups is 1. The third-order valence-electron chi connectivity index (χ3n) is 2.63. The number of halogens is 1. The van der Waals surface area contributed by atoms with Crippen LogP contribution in [0.2, 0.25) is 0 Å². The zero-order valence-electron chi connectivity index (χ0n) is 10.4. The van der Waals surface area contributed by atoms with Crippen molar-refractivity contribution >= 4 is 28.6 Å². The molecule has 0 fully saturated rings. The van der Waals surface area contributed by atoms with Gasteiger partial charge in [0.15, 0.2) is 0 Å². The summed E-state index contributed by atoms with van der Waals surface area (Å²) >= 11 is 6.10. The number of fused-ring (bicyclic) bond motifs is 1. The molecule has 0 aliphatic rings. The van der Waals surface area contributed by atoms with Crippen LogP contribution in [0, 0.1) is 0 Å². The highest BCUT2D eigenvalue weighted by atomic mass is 35.5. The predicted molar refractivity (Wildman–Crippen MR) is 70.6 cm³/mol. The van der Waals surface area contributed by atoms with E-state index in [4.69, 9.17) is 16.3 Å². The van der Waals surface area contributed by atoms with Gasteiger partial charge >= 0.3 is 5.97 Å². The molecule has 96 valence electrons. The minimum Gasteiger partial charge on any atom is -0.465 e. The monoisotopic (exact) mass is 266 g/mol. The maximum absolute atomic E-state index is 11.6. The Bertz CT molecular complexity index is 563. The molecule has 0 bridgehead atoms. The lowest BCUT2D eigenvalue weighted by atomic mass is 10.3. The number of esters is 1. The minimum absolute atomic E-state index is 0.140. The summed E-state index contributed by atoms with van der Waals surface area (Å²) in [5, 5.41) is -0.258. The first-order chi connectivity index (χ1) is 8.63. The number of rotatable bonds is 4. The molecule has 1 heterocycles. The van der Waals surface area contributed by atoms with Gasteiger partial charge < -0.3 is 9.30 Å². The number of carbonyl (C=O) groups excluding carboxylic acids is 1. The van der Waals surface area contributed by atoms with Gasteiger partial charge in [-0.3, -0.25) is 4.79 Å². The lowest BCUT2D eigenvalue weighted by Crippen LogP contribution is -2.15. The molecule has 2 aromatic rings. The zero-order valence-corrected chi connectivity index (χ0v) is 11.1. The highest BCUT2D eigenvalue weighted by molar-refractivity contribution is 6.20. The molecule has 5 heteroatoms. The number of hydrogen-bond donors (Lipinski definition) is 0. The SMILES string of the molecule is CCOC(=O)Cn1c(C(C)Cl)nc2ccccc21. The number of imidazole rings is 1. The Hall–Kier alpha value is -1.55. The van der Waals surface area contributed by atoms with E-state index in [1.54, 1.807) is 6.92 Å². The average Bonchev–Trinajstić information content (AvgIpc) is 2.69. The molecule has 4 nitrogen and oxygen atoms in total. The molecule has 0 saturated carbocycles. The van der Waals surface area contributed by atoms with E-state index in [-0.39, 0.29) is 17.9 Å². The van der Waals surface area contributed by atoms with Crippen molar-refractivity contribution in [1.29, 1.82) is 0 Å². The number of para-hydroxylation sites is 2. The number of nitrogens with zero attached hydrogens (tertiary/aromatic N) is 2. The number of hydrogen-bond acceptors (Lipinski definition) is 3. The molecule has 1 aromatic carbocycles. The Morgan fingerprint density at radius 1 is 1.50 bits per heavy atom. The third-order valence-corrected chi connectivity index (χ3v) is 2.83. The molecule has 0 N–H and O–H groups in total. The molecule has 0 aliphatic heterocycles. The maximum Gasteiger partial charge on any atom is 0.326 e. The van der Waals surface area contributed by atoms with Gasteiger partial charge in [-0.2, -0.15) is 0 Å². The smallest absolute Gasteiger partial charge is 0.326 e. The number of aromatic nitrogens is 2. The molecular weight excluding hydrogens is 252 g/mol. The van der Waals surface area contributed by atoms with Crippen LogP contribution in [0.4, 0.5) is 0 Å². The molecule has 0 aliphatic carbocycles. The fourth-order valence-corrected chi connectivity index (χ4v) is 2.07. The third kappa shape index (κ3) is 2.48. The molecule has 1 atom stereocenters. The van der Waals surface area contributed by atoms with E-state index >= 15 is 0 Å². The van der Waals surface area contributed by atoms with E-state index < -0.39 is 0 Å². The molecule has 0 spiro atoms. The van der Waals surface area contributed by atoms with Crippen LogP contribution in [-0.2, 0) is 16.1 Å². The standard InChI is InChI=1S/C13H15ClN2O2/c1-3-18-12(17)8-16-11-7-5-4-6-10(11)15-13(16)9(2)14/h4-7,9H,3,8H2,1-2H3. The summed E-state index contributed by atoms with van der Waals surface area (Å²) in [6.07, 6.45) is 0. The van der Waals surface area contributed by atoms with Gasteiger partial charge in [0.25, 0.3) is 0 Å². The fourth-order valence-electron chi connectivity index (χ4n) is 1.90. The summed E-state index contributed by atoms with van der Waals surface area (Å²) < 4.78 is 6.78. The van der Waals surface area contributed by atoms with E-state index in [2.05, 4.69) is 4.98 Å². The molecule has 0 radical (unpaired) electrons.